The quantitative estimate of drug-likeness (QED) is 0.734. The minimum Gasteiger partial charge on any atom is -0.326 e. The molecule has 0 aliphatic rings. The van der Waals surface area contributed by atoms with Crippen molar-refractivity contribution in [2.45, 2.75) is 26.7 Å². The zero-order chi connectivity index (χ0) is 18.3. The molecule has 0 saturated carbocycles. The third kappa shape index (κ3) is 6.98. The second-order valence-electron chi connectivity index (χ2n) is 6.36. The number of hydrogen-bond donors (Lipinski definition) is 1. The van der Waals surface area contributed by atoms with E-state index in [1.807, 2.05) is 51.0 Å². The summed E-state index contributed by atoms with van der Waals surface area (Å²) in [7, 11) is 0.582. The Hall–Kier alpha value is -1.44. The van der Waals surface area contributed by atoms with Crippen molar-refractivity contribution in [3.63, 3.8) is 0 Å². The molecule has 1 aromatic rings. The lowest BCUT2D eigenvalue weighted by molar-refractivity contribution is -0.116. The van der Waals surface area contributed by atoms with Gasteiger partial charge in [0, 0.05) is 25.2 Å². The first kappa shape index (κ1) is 20.6. The average Bonchev–Trinajstić information content (AvgIpc) is 2.45. The number of carbonyl (C=O) groups is 1. The molecule has 0 radical (unpaired) electrons. The van der Waals surface area contributed by atoms with Crippen LogP contribution in [0.5, 0.6) is 0 Å². The van der Waals surface area contributed by atoms with Gasteiger partial charge < -0.3 is 10.2 Å². The van der Waals surface area contributed by atoms with Gasteiger partial charge in [-0.3, -0.25) is 4.79 Å². The Kier molecular flexibility index (Phi) is 7.86. The fourth-order valence-corrected chi connectivity index (χ4v) is 3.22. The van der Waals surface area contributed by atoms with Crippen molar-refractivity contribution in [2.24, 2.45) is 0 Å². The molecule has 6 nitrogen and oxygen atoms in total. The first-order valence-corrected chi connectivity index (χ1v) is 9.92. The molecule has 1 aromatic carbocycles. The first-order valence-electron chi connectivity index (χ1n) is 8.07. The van der Waals surface area contributed by atoms with Gasteiger partial charge in [-0.15, -0.1) is 0 Å². The van der Waals surface area contributed by atoms with Crippen LogP contribution >= 0.6 is 0 Å². The van der Waals surface area contributed by atoms with Crippen LogP contribution in [0.4, 0.5) is 5.69 Å². The zero-order valence-corrected chi connectivity index (χ0v) is 16.1. The maximum absolute atomic E-state index is 12.1. The fourth-order valence-electron chi connectivity index (χ4n) is 2.33. The molecule has 0 saturated heterocycles. The van der Waals surface area contributed by atoms with E-state index in [1.165, 1.54) is 10.6 Å². The molecule has 0 aromatic heterocycles. The van der Waals surface area contributed by atoms with E-state index in [-0.39, 0.29) is 18.9 Å². The highest BCUT2D eigenvalue weighted by molar-refractivity contribution is 7.88. The van der Waals surface area contributed by atoms with Crippen LogP contribution in [0.2, 0.25) is 0 Å². The van der Waals surface area contributed by atoms with Gasteiger partial charge in [0.1, 0.15) is 0 Å². The molecule has 7 heteroatoms. The van der Waals surface area contributed by atoms with E-state index >= 15 is 0 Å². The molecule has 0 fully saturated rings. The number of amides is 1. The Morgan fingerprint density at radius 2 is 1.79 bits per heavy atom. The lowest BCUT2D eigenvalue weighted by Gasteiger charge is -2.21. The van der Waals surface area contributed by atoms with E-state index < -0.39 is 10.0 Å². The summed E-state index contributed by atoms with van der Waals surface area (Å²) in [5.41, 5.74) is 2.91. The molecule has 24 heavy (non-hydrogen) atoms. The summed E-state index contributed by atoms with van der Waals surface area (Å²) in [5.74, 6) is -0.176. The number of sulfonamides is 1. The number of nitrogens with zero attached hydrogens (tertiary/aromatic N) is 2. The summed E-state index contributed by atoms with van der Waals surface area (Å²) in [6.45, 7) is 5.37. The van der Waals surface area contributed by atoms with Crippen molar-refractivity contribution >= 4 is 21.6 Å². The van der Waals surface area contributed by atoms with Crippen LogP contribution < -0.4 is 5.32 Å². The van der Waals surface area contributed by atoms with Gasteiger partial charge in [0.15, 0.2) is 0 Å². The number of benzene rings is 1. The first-order chi connectivity index (χ1) is 11.1. The Morgan fingerprint density at radius 3 is 2.38 bits per heavy atom. The van der Waals surface area contributed by atoms with Crippen molar-refractivity contribution in [3.05, 3.63) is 29.3 Å². The second-order valence-corrected chi connectivity index (χ2v) is 8.35. The van der Waals surface area contributed by atoms with Gasteiger partial charge in [-0.05, 0) is 58.1 Å². The number of rotatable bonds is 9. The normalized spacial score (nSPS) is 12.0. The van der Waals surface area contributed by atoms with Crippen molar-refractivity contribution in [1.29, 1.82) is 0 Å². The highest BCUT2D eigenvalue weighted by Gasteiger charge is 2.17. The molecule has 0 bridgehead atoms. The maximum Gasteiger partial charge on any atom is 0.225 e. The molecule has 0 atom stereocenters. The zero-order valence-electron chi connectivity index (χ0n) is 15.3. The second kappa shape index (κ2) is 9.15. The molecule has 0 spiro atoms. The molecule has 0 aliphatic carbocycles. The van der Waals surface area contributed by atoms with E-state index in [1.54, 1.807) is 0 Å². The molecular formula is C17H29N3O3S. The molecule has 1 N–H and O–H groups in total. The highest BCUT2D eigenvalue weighted by Crippen LogP contribution is 2.18. The third-order valence-electron chi connectivity index (χ3n) is 3.95. The van der Waals surface area contributed by atoms with Crippen LogP contribution in [0.1, 0.15) is 24.0 Å². The molecule has 0 aliphatic heterocycles. The summed E-state index contributed by atoms with van der Waals surface area (Å²) >= 11 is 0. The molecule has 0 heterocycles. The van der Waals surface area contributed by atoms with Crippen LogP contribution in [0.3, 0.4) is 0 Å². The van der Waals surface area contributed by atoms with Gasteiger partial charge >= 0.3 is 0 Å². The van der Waals surface area contributed by atoms with Crippen molar-refractivity contribution in [3.8, 4) is 0 Å². The highest BCUT2D eigenvalue weighted by atomic mass is 32.2. The predicted molar refractivity (Wildman–Crippen MR) is 98.8 cm³/mol. The Morgan fingerprint density at radius 1 is 1.12 bits per heavy atom. The van der Waals surface area contributed by atoms with Gasteiger partial charge in [-0.1, -0.05) is 12.1 Å². The summed E-state index contributed by atoms with van der Waals surface area (Å²) in [6, 6.07) is 5.73. The number of aryl methyl sites for hydroxylation is 1. The predicted octanol–water partition coefficient (Wildman–Crippen LogP) is 1.85. The van der Waals surface area contributed by atoms with E-state index in [2.05, 4.69) is 5.32 Å². The van der Waals surface area contributed by atoms with Gasteiger partial charge in [-0.2, -0.15) is 0 Å². The monoisotopic (exact) mass is 355 g/mol. The SMILES string of the molecule is Cc1cccc(NC(=O)CCN(CCCN(C)C)S(C)(=O)=O)c1C. The lowest BCUT2D eigenvalue weighted by Crippen LogP contribution is -2.35. The summed E-state index contributed by atoms with van der Waals surface area (Å²) in [4.78, 5) is 14.2. The Balaban J connectivity index is 2.59. The van der Waals surface area contributed by atoms with Gasteiger partial charge in [0.25, 0.3) is 0 Å². The largest absolute Gasteiger partial charge is 0.326 e. The molecule has 1 amide bonds. The van der Waals surface area contributed by atoms with Crippen LogP contribution in [0.25, 0.3) is 0 Å². The van der Waals surface area contributed by atoms with Gasteiger partial charge in [-0.25, -0.2) is 12.7 Å². The maximum atomic E-state index is 12.1. The summed E-state index contributed by atoms with van der Waals surface area (Å²) in [5, 5.41) is 2.86. The Bertz CT molecular complexity index is 657. The third-order valence-corrected chi connectivity index (χ3v) is 5.25. The van der Waals surface area contributed by atoms with Crippen molar-refractivity contribution in [1.82, 2.24) is 9.21 Å². The molecule has 1 rings (SSSR count). The van der Waals surface area contributed by atoms with Crippen LogP contribution in [-0.2, 0) is 14.8 Å². The van der Waals surface area contributed by atoms with E-state index in [0.717, 1.165) is 29.8 Å². The lowest BCUT2D eigenvalue weighted by atomic mass is 10.1. The van der Waals surface area contributed by atoms with Gasteiger partial charge in [0.2, 0.25) is 15.9 Å². The van der Waals surface area contributed by atoms with Gasteiger partial charge in [0.05, 0.1) is 6.26 Å². The number of anilines is 1. The van der Waals surface area contributed by atoms with E-state index in [4.69, 9.17) is 0 Å². The smallest absolute Gasteiger partial charge is 0.225 e. The van der Waals surface area contributed by atoms with E-state index in [0.29, 0.717) is 6.54 Å². The van der Waals surface area contributed by atoms with Crippen molar-refractivity contribution < 1.29 is 13.2 Å². The van der Waals surface area contributed by atoms with Crippen molar-refractivity contribution in [2.75, 3.05) is 45.3 Å². The molecule has 136 valence electrons. The Labute approximate surface area is 145 Å². The minimum absolute atomic E-state index is 0.141. The molecular weight excluding hydrogens is 326 g/mol. The summed E-state index contributed by atoms with van der Waals surface area (Å²) in [6.07, 6.45) is 2.06. The standard InChI is InChI=1S/C17H29N3O3S/c1-14-8-6-9-16(15(14)2)18-17(21)10-13-20(24(5,22)23)12-7-11-19(3)4/h6,8-9H,7,10-13H2,1-5H3,(H,18,21). The van der Waals surface area contributed by atoms with Crippen LogP contribution in [0, 0.1) is 13.8 Å². The average molecular weight is 356 g/mol. The number of hydrogen-bond acceptors (Lipinski definition) is 4. The summed E-state index contributed by atoms with van der Waals surface area (Å²) < 4.78 is 25.1. The number of carbonyl (C=O) groups excluding carboxylic acids is 1. The minimum atomic E-state index is -3.31. The topological polar surface area (TPSA) is 69.7 Å². The fraction of sp³-hybridized carbons (Fsp3) is 0.588. The number of nitrogens with one attached hydrogen (secondary N) is 1. The van der Waals surface area contributed by atoms with Crippen LogP contribution in [-0.4, -0.2) is 63.5 Å². The van der Waals surface area contributed by atoms with Crippen LogP contribution in [0.15, 0.2) is 18.2 Å². The molecule has 0 unspecified atom stereocenters. The van der Waals surface area contributed by atoms with E-state index in [9.17, 15) is 13.2 Å².